The first kappa shape index (κ1) is 19.7. The SMILES string of the molecule is Cc1n[nH]c(=O)c2c(NC(=O)CN(Cc3ccccc3)Cc3ccco3)oc(C)c12. The van der Waals surface area contributed by atoms with Crippen molar-refractivity contribution in [3.8, 4) is 0 Å². The molecule has 8 nitrogen and oxygen atoms in total. The summed E-state index contributed by atoms with van der Waals surface area (Å²) in [5, 5.41) is 10.1. The maximum absolute atomic E-state index is 12.8. The normalized spacial score (nSPS) is 11.3. The highest BCUT2D eigenvalue weighted by Gasteiger charge is 2.20. The van der Waals surface area contributed by atoms with Crippen LogP contribution < -0.4 is 10.9 Å². The lowest BCUT2D eigenvalue weighted by atomic mass is 10.2. The number of aryl methyl sites for hydroxylation is 2. The Kier molecular flexibility index (Phi) is 5.49. The maximum atomic E-state index is 12.8. The first-order chi connectivity index (χ1) is 14.5. The monoisotopic (exact) mass is 406 g/mol. The molecule has 154 valence electrons. The maximum Gasteiger partial charge on any atom is 0.277 e. The smallest absolute Gasteiger partial charge is 0.277 e. The second kappa shape index (κ2) is 8.38. The fraction of sp³-hybridized carbons (Fsp3) is 0.227. The molecular formula is C22H22N4O4. The average Bonchev–Trinajstić information content (AvgIpc) is 3.34. The van der Waals surface area contributed by atoms with Gasteiger partial charge in [-0.2, -0.15) is 5.10 Å². The number of anilines is 1. The number of rotatable bonds is 7. The number of hydrogen-bond acceptors (Lipinski definition) is 6. The van der Waals surface area contributed by atoms with Crippen LogP contribution in [0.1, 0.15) is 22.8 Å². The number of hydrogen-bond donors (Lipinski definition) is 2. The lowest BCUT2D eigenvalue weighted by Crippen LogP contribution is -2.32. The molecule has 0 spiro atoms. The van der Waals surface area contributed by atoms with Crippen LogP contribution >= 0.6 is 0 Å². The molecule has 0 aliphatic carbocycles. The molecule has 4 aromatic rings. The molecule has 4 rings (SSSR count). The van der Waals surface area contributed by atoms with Crippen LogP contribution in [0.15, 0.2) is 62.4 Å². The van der Waals surface area contributed by atoms with Gasteiger partial charge in [0.05, 0.1) is 30.4 Å². The molecule has 0 atom stereocenters. The van der Waals surface area contributed by atoms with E-state index in [4.69, 9.17) is 8.83 Å². The van der Waals surface area contributed by atoms with E-state index < -0.39 is 5.56 Å². The lowest BCUT2D eigenvalue weighted by Gasteiger charge is -2.20. The fourth-order valence-corrected chi connectivity index (χ4v) is 3.53. The number of H-pyrrole nitrogens is 1. The van der Waals surface area contributed by atoms with E-state index in [9.17, 15) is 9.59 Å². The number of carbonyl (C=O) groups excluding carboxylic acids is 1. The number of nitrogens with one attached hydrogen (secondary N) is 2. The summed E-state index contributed by atoms with van der Waals surface area (Å²) < 4.78 is 11.1. The van der Waals surface area contributed by atoms with E-state index in [2.05, 4.69) is 15.5 Å². The van der Waals surface area contributed by atoms with Crippen molar-refractivity contribution in [1.29, 1.82) is 0 Å². The van der Waals surface area contributed by atoms with Gasteiger partial charge in [0.25, 0.3) is 5.56 Å². The minimum atomic E-state index is -0.403. The number of aromatic nitrogens is 2. The summed E-state index contributed by atoms with van der Waals surface area (Å²) in [6.07, 6.45) is 1.61. The largest absolute Gasteiger partial charge is 0.468 e. The molecule has 0 fully saturated rings. The Morgan fingerprint density at radius 3 is 2.63 bits per heavy atom. The summed E-state index contributed by atoms with van der Waals surface area (Å²) in [5.74, 6) is 1.14. The average molecular weight is 406 g/mol. The summed E-state index contributed by atoms with van der Waals surface area (Å²) >= 11 is 0. The molecule has 3 heterocycles. The molecule has 8 heteroatoms. The molecule has 1 aromatic carbocycles. The number of nitrogens with zero attached hydrogens (tertiary/aromatic N) is 2. The summed E-state index contributed by atoms with van der Waals surface area (Å²) in [6.45, 7) is 4.65. The molecule has 1 amide bonds. The van der Waals surface area contributed by atoms with Gasteiger partial charge in [-0.05, 0) is 31.5 Å². The van der Waals surface area contributed by atoms with E-state index in [0.29, 0.717) is 35.3 Å². The van der Waals surface area contributed by atoms with E-state index >= 15 is 0 Å². The van der Waals surface area contributed by atoms with Gasteiger partial charge in [0, 0.05) is 6.54 Å². The summed E-state index contributed by atoms with van der Waals surface area (Å²) in [7, 11) is 0. The van der Waals surface area contributed by atoms with Gasteiger partial charge < -0.3 is 8.83 Å². The van der Waals surface area contributed by atoms with Crippen molar-refractivity contribution >= 4 is 22.6 Å². The molecule has 0 saturated carbocycles. The molecule has 0 bridgehead atoms. The Balaban J connectivity index is 1.55. The predicted molar refractivity (Wildman–Crippen MR) is 112 cm³/mol. The minimum Gasteiger partial charge on any atom is -0.468 e. The van der Waals surface area contributed by atoms with E-state index in [0.717, 1.165) is 11.3 Å². The van der Waals surface area contributed by atoms with E-state index in [-0.39, 0.29) is 18.3 Å². The lowest BCUT2D eigenvalue weighted by molar-refractivity contribution is -0.117. The van der Waals surface area contributed by atoms with Gasteiger partial charge in [0.2, 0.25) is 11.8 Å². The number of aromatic amines is 1. The van der Waals surface area contributed by atoms with Gasteiger partial charge in [-0.3, -0.25) is 19.8 Å². The zero-order chi connectivity index (χ0) is 21.1. The van der Waals surface area contributed by atoms with Gasteiger partial charge in [-0.25, -0.2) is 5.10 Å². The highest BCUT2D eigenvalue weighted by Crippen LogP contribution is 2.28. The van der Waals surface area contributed by atoms with Crippen molar-refractivity contribution < 1.29 is 13.6 Å². The molecule has 0 radical (unpaired) electrons. The molecule has 0 aliphatic rings. The van der Waals surface area contributed by atoms with Crippen LogP contribution in [-0.2, 0) is 17.9 Å². The highest BCUT2D eigenvalue weighted by atomic mass is 16.4. The van der Waals surface area contributed by atoms with Gasteiger partial charge in [0.1, 0.15) is 16.9 Å². The molecule has 0 unspecified atom stereocenters. The number of benzene rings is 1. The van der Waals surface area contributed by atoms with Gasteiger partial charge in [-0.15, -0.1) is 0 Å². The summed E-state index contributed by atoms with van der Waals surface area (Å²) in [5.41, 5.74) is 1.31. The topological polar surface area (TPSA) is 104 Å². The number of furan rings is 2. The standard InChI is InChI=1S/C22H22N4O4/c1-14-19-15(2)30-22(20(19)21(28)25-24-14)23-18(27)13-26(12-17-9-6-10-29-17)11-16-7-4-3-5-8-16/h3-10H,11-13H2,1-2H3,(H,23,27)(H,25,28). The van der Waals surface area contributed by atoms with Crippen LogP contribution in [-0.4, -0.2) is 27.5 Å². The van der Waals surface area contributed by atoms with Gasteiger partial charge in [-0.1, -0.05) is 30.3 Å². The fourth-order valence-electron chi connectivity index (χ4n) is 3.53. The Hall–Kier alpha value is -3.65. The highest BCUT2D eigenvalue weighted by molar-refractivity contribution is 6.01. The van der Waals surface area contributed by atoms with Crippen molar-refractivity contribution in [2.24, 2.45) is 0 Å². The van der Waals surface area contributed by atoms with Crippen LogP contribution in [0.2, 0.25) is 0 Å². The Morgan fingerprint density at radius 2 is 1.90 bits per heavy atom. The van der Waals surface area contributed by atoms with Crippen LogP contribution in [0.4, 0.5) is 5.88 Å². The molecule has 3 aromatic heterocycles. The van der Waals surface area contributed by atoms with Crippen LogP contribution in [0.3, 0.4) is 0 Å². The number of fused-ring (bicyclic) bond motifs is 1. The molecule has 30 heavy (non-hydrogen) atoms. The minimum absolute atomic E-state index is 0.0960. The number of carbonyl (C=O) groups is 1. The first-order valence-corrected chi connectivity index (χ1v) is 9.58. The molecule has 2 N–H and O–H groups in total. The zero-order valence-electron chi connectivity index (χ0n) is 16.8. The molecule has 0 aliphatic heterocycles. The first-order valence-electron chi connectivity index (χ1n) is 9.58. The third-order valence-corrected chi connectivity index (χ3v) is 4.83. The van der Waals surface area contributed by atoms with Crippen molar-refractivity contribution in [3.05, 3.63) is 81.9 Å². The Bertz CT molecular complexity index is 1210. The second-order valence-corrected chi connectivity index (χ2v) is 7.13. The summed E-state index contributed by atoms with van der Waals surface area (Å²) in [4.78, 5) is 27.0. The van der Waals surface area contributed by atoms with Crippen molar-refractivity contribution in [1.82, 2.24) is 15.1 Å². The third kappa shape index (κ3) is 4.18. The van der Waals surface area contributed by atoms with E-state index in [1.165, 1.54) is 0 Å². The zero-order valence-corrected chi connectivity index (χ0v) is 16.8. The van der Waals surface area contributed by atoms with Crippen molar-refractivity contribution in [2.75, 3.05) is 11.9 Å². The van der Waals surface area contributed by atoms with E-state index in [1.807, 2.05) is 47.4 Å². The quantitative estimate of drug-likeness (QED) is 0.488. The van der Waals surface area contributed by atoms with Gasteiger partial charge >= 0.3 is 0 Å². The Morgan fingerprint density at radius 1 is 1.10 bits per heavy atom. The Labute approximate surface area is 172 Å². The third-order valence-electron chi connectivity index (χ3n) is 4.83. The second-order valence-electron chi connectivity index (χ2n) is 7.13. The van der Waals surface area contributed by atoms with Crippen LogP contribution in [0, 0.1) is 13.8 Å². The van der Waals surface area contributed by atoms with Crippen LogP contribution in [0.25, 0.3) is 10.8 Å². The van der Waals surface area contributed by atoms with Crippen molar-refractivity contribution in [2.45, 2.75) is 26.9 Å². The predicted octanol–water partition coefficient (Wildman–Crippen LogP) is 3.37. The van der Waals surface area contributed by atoms with Crippen molar-refractivity contribution in [3.63, 3.8) is 0 Å². The molecular weight excluding hydrogens is 384 g/mol. The number of amides is 1. The van der Waals surface area contributed by atoms with E-state index in [1.54, 1.807) is 20.1 Å². The van der Waals surface area contributed by atoms with Crippen LogP contribution in [0.5, 0.6) is 0 Å². The molecule has 0 saturated heterocycles. The van der Waals surface area contributed by atoms with Gasteiger partial charge in [0.15, 0.2) is 0 Å². The summed E-state index contributed by atoms with van der Waals surface area (Å²) in [6, 6.07) is 13.6.